The summed E-state index contributed by atoms with van der Waals surface area (Å²) in [6.07, 6.45) is -0.342. The van der Waals surface area contributed by atoms with E-state index < -0.39 is 17.1 Å². The fourth-order valence-electron chi connectivity index (χ4n) is 2.44. The van der Waals surface area contributed by atoms with Crippen LogP contribution in [0.1, 0.15) is 25.8 Å². The minimum absolute atomic E-state index is 0.0348. The number of ether oxygens (including phenoxy) is 2. The molecule has 3 N–H and O–H groups in total. The van der Waals surface area contributed by atoms with Crippen LogP contribution in [0.25, 0.3) is 0 Å². The Morgan fingerprint density at radius 1 is 1.10 bits per heavy atom. The van der Waals surface area contributed by atoms with Crippen molar-refractivity contribution in [3.8, 4) is 5.75 Å². The fraction of sp³-hybridized carbons (Fsp3) is 0.300. The zero-order valence-corrected chi connectivity index (χ0v) is 16.2. The minimum atomic E-state index is -0.934. The molecule has 0 heterocycles. The third kappa shape index (κ3) is 7.23. The molecule has 9 heteroatoms. The zero-order chi connectivity index (χ0) is 21.4. The molecule has 0 spiro atoms. The lowest BCUT2D eigenvalue weighted by molar-refractivity contribution is -0.384. The quantitative estimate of drug-likeness (QED) is 0.298. The Hall–Kier alpha value is -3.46. The number of nitrogens with zero attached hydrogens (tertiary/aromatic N) is 1. The molecule has 2 aromatic rings. The number of benzene rings is 2. The van der Waals surface area contributed by atoms with Gasteiger partial charge in [0, 0.05) is 17.8 Å². The van der Waals surface area contributed by atoms with Crippen LogP contribution in [0.15, 0.2) is 48.5 Å². The van der Waals surface area contributed by atoms with Gasteiger partial charge in [-0.25, -0.2) is 4.79 Å². The highest BCUT2D eigenvalue weighted by Gasteiger charge is 2.15. The van der Waals surface area contributed by atoms with Gasteiger partial charge in [-0.1, -0.05) is 26.0 Å². The minimum Gasteiger partial charge on any atom is -0.429 e. The zero-order valence-electron chi connectivity index (χ0n) is 16.2. The second-order valence-corrected chi connectivity index (χ2v) is 6.81. The number of nitrogens with one attached hydrogen (secondary N) is 1. The maximum absolute atomic E-state index is 12.0. The number of amides is 1. The normalized spacial score (nSPS) is 11.6. The van der Waals surface area contributed by atoms with Crippen molar-refractivity contribution >= 4 is 23.4 Å². The van der Waals surface area contributed by atoms with Gasteiger partial charge in [-0.3, -0.25) is 14.9 Å². The van der Waals surface area contributed by atoms with Crippen LogP contribution in [-0.2, 0) is 16.1 Å². The summed E-state index contributed by atoms with van der Waals surface area (Å²) >= 11 is 0. The number of carbonyl (C=O) groups excluding carboxylic acids is 2. The molecule has 0 saturated heterocycles. The summed E-state index contributed by atoms with van der Waals surface area (Å²) < 4.78 is 9.96. The summed E-state index contributed by atoms with van der Waals surface area (Å²) in [7, 11) is 0. The number of nitro groups is 1. The molecule has 1 atom stereocenters. The van der Waals surface area contributed by atoms with Crippen LogP contribution in [-0.4, -0.2) is 23.0 Å². The molecule has 0 saturated carbocycles. The number of nitro benzene ring substituents is 1. The standard InChI is InChI=1S/C20H23N3O6/c1-13(2)11-18(21)19(24)22-15-5-3-14(4-6-15)12-28-20(25)29-17-9-7-16(8-10-17)23(26)27/h3-10,13,18H,11-12,21H2,1-2H3,(H,22,24)/t18-/m0/s1. The Bertz CT molecular complexity index is 850. The van der Waals surface area contributed by atoms with Crippen LogP contribution >= 0.6 is 0 Å². The van der Waals surface area contributed by atoms with Gasteiger partial charge in [-0.15, -0.1) is 0 Å². The van der Waals surface area contributed by atoms with E-state index in [0.29, 0.717) is 23.6 Å². The number of nitrogens with two attached hydrogens (primary N) is 1. The Balaban J connectivity index is 1.81. The molecule has 2 rings (SSSR count). The molecule has 0 aliphatic rings. The maximum Gasteiger partial charge on any atom is 0.514 e. The lowest BCUT2D eigenvalue weighted by atomic mass is 10.0. The van der Waals surface area contributed by atoms with Gasteiger partial charge in [-0.05, 0) is 42.2 Å². The Labute approximate surface area is 168 Å². The van der Waals surface area contributed by atoms with Crippen LogP contribution in [0.3, 0.4) is 0 Å². The molecular formula is C20H23N3O6. The van der Waals surface area contributed by atoms with Crippen molar-refractivity contribution in [1.82, 2.24) is 0 Å². The van der Waals surface area contributed by atoms with E-state index in [1.807, 2.05) is 13.8 Å². The van der Waals surface area contributed by atoms with Gasteiger partial charge in [0.25, 0.3) is 5.69 Å². The fourth-order valence-corrected chi connectivity index (χ4v) is 2.44. The first kappa shape index (κ1) is 21.8. The van der Waals surface area contributed by atoms with Crippen molar-refractivity contribution in [2.24, 2.45) is 11.7 Å². The van der Waals surface area contributed by atoms with Gasteiger partial charge >= 0.3 is 6.16 Å². The summed E-state index contributed by atoms with van der Waals surface area (Å²) in [4.78, 5) is 33.8. The SMILES string of the molecule is CC(C)C[C@H](N)C(=O)Nc1ccc(COC(=O)Oc2ccc([N+](=O)[O-])cc2)cc1. The molecule has 2 aromatic carbocycles. The van der Waals surface area contributed by atoms with E-state index in [1.54, 1.807) is 24.3 Å². The van der Waals surface area contributed by atoms with Gasteiger partial charge in [0.2, 0.25) is 5.91 Å². The maximum atomic E-state index is 12.0. The Kier molecular flexibility index (Phi) is 7.67. The van der Waals surface area contributed by atoms with Gasteiger partial charge in [0.1, 0.15) is 12.4 Å². The molecule has 0 aliphatic carbocycles. The van der Waals surface area contributed by atoms with Gasteiger partial charge in [0.05, 0.1) is 11.0 Å². The first-order chi connectivity index (χ1) is 13.7. The van der Waals surface area contributed by atoms with Crippen molar-refractivity contribution in [2.75, 3.05) is 5.32 Å². The molecule has 29 heavy (non-hydrogen) atoms. The Morgan fingerprint density at radius 2 is 1.72 bits per heavy atom. The summed E-state index contributed by atoms with van der Waals surface area (Å²) in [5.74, 6) is 0.201. The molecule has 0 bridgehead atoms. The number of carbonyl (C=O) groups is 2. The van der Waals surface area contributed by atoms with E-state index in [2.05, 4.69) is 5.32 Å². The third-order valence-corrected chi connectivity index (χ3v) is 3.89. The molecule has 1 amide bonds. The van der Waals surface area contributed by atoms with Crippen molar-refractivity contribution in [3.63, 3.8) is 0 Å². The molecule has 0 aromatic heterocycles. The first-order valence-electron chi connectivity index (χ1n) is 8.99. The van der Waals surface area contributed by atoms with Crippen molar-refractivity contribution in [2.45, 2.75) is 32.9 Å². The van der Waals surface area contributed by atoms with E-state index in [1.165, 1.54) is 24.3 Å². The predicted molar refractivity (Wildman–Crippen MR) is 106 cm³/mol. The second-order valence-electron chi connectivity index (χ2n) is 6.81. The summed E-state index contributed by atoms with van der Waals surface area (Å²) in [5, 5.41) is 13.3. The molecule has 0 radical (unpaired) electrons. The largest absolute Gasteiger partial charge is 0.514 e. The van der Waals surface area contributed by atoms with E-state index in [-0.39, 0.29) is 24.0 Å². The molecule has 0 unspecified atom stereocenters. The number of hydrogen-bond donors (Lipinski definition) is 2. The summed E-state index contributed by atoms with van der Waals surface area (Å²) in [6.45, 7) is 3.95. The third-order valence-electron chi connectivity index (χ3n) is 3.89. The van der Waals surface area contributed by atoms with Gasteiger partial charge in [0.15, 0.2) is 0 Å². The summed E-state index contributed by atoms with van der Waals surface area (Å²) in [5.41, 5.74) is 7.02. The number of rotatable bonds is 8. The first-order valence-corrected chi connectivity index (χ1v) is 8.99. The molecule has 9 nitrogen and oxygen atoms in total. The van der Waals surface area contributed by atoms with Crippen LogP contribution in [0.5, 0.6) is 5.75 Å². The molecule has 0 fully saturated rings. The van der Waals surface area contributed by atoms with E-state index in [0.717, 1.165) is 0 Å². The van der Waals surface area contributed by atoms with E-state index >= 15 is 0 Å². The molecular weight excluding hydrogens is 378 g/mol. The lowest BCUT2D eigenvalue weighted by Crippen LogP contribution is -2.36. The predicted octanol–water partition coefficient (Wildman–Crippen LogP) is 3.62. The Morgan fingerprint density at radius 3 is 2.28 bits per heavy atom. The second kappa shape index (κ2) is 10.2. The summed E-state index contributed by atoms with van der Waals surface area (Å²) in [6, 6.07) is 11.2. The highest BCUT2D eigenvalue weighted by Crippen LogP contribution is 2.18. The van der Waals surface area contributed by atoms with E-state index in [4.69, 9.17) is 15.2 Å². The average Bonchev–Trinajstić information content (AvgIpc) is 2.67. The number of non-ortho nitro benzene ring substituents is 1. The number of anilines is 1. The van der Waals surface area contributed by atoms with Crippen molar-refractivity contribution in [1.29, 1.82) is 0 Å². The monoisotopic (exact) mass is 401 g/mol. The number of hydrogen-bond acceptors (Lipinski definition) is 7. The van der Waals surface area contributed by atoms with Crippen LogP contribution < -0.4 is 15.8 Å². The topological polar surface area (TPSA) is 134 Å². The lowest BCUT2D eigenvalue weighted by Gasteiger charge is -2.14. The van der Waals surface area contributed by atoms with Crippen LogP contribution in [0.2, 0.25) is 0 Å². The molecule has 154 valence electrons. The smallest absolute Gasteiger partial charge is 0.429 e. The van der Waals surface area contributed by atoms with Crippen LogP contribution in [0, 0.1) is 16.0 Å². The van der Waals surface area contributed by atoms with Gasteiger partial charge < -0.3 is 20.5 Å². The van der Waals surface area contributed by atoms with Gasteiger partial charge in [-0.2, -0.15) is 0 Å². The molecule has 0 aliphatic heterocycles. The highest BCUT2D eigenvalue weighted by molar-refractivity contribution is 5.94. The highest BCUT2D eigenvalue weighted by atomic mass is 16.7. The van der Waals surface area contributed by atoms with E-state index in [9.17, 15) is 19.7 Å². The average molecular weight is 401 g/mol. The van der Waals surface area contributed by atoms with Crippen LogP contribution in [0.4, 0.5) is 16.2 Å². The van der Waals surface area contributed by atoms with Crippen molar-refractivity contribution in [3.05, 3.63) is 64.2 Å². The van der Waals surface area contributed by atoms with Crippen molar-refractivity contribution < 1.29 is 24.0 Å².